The number of para-hydroxylation sites is 1. The quantitative estimate of drug-likeness (QED) is 0.801. The fourth-order valence-electron chi connectivity index (χ4n) is 1.72. The predicted octanol–water partition coefficient (Wildman–Crippen LogP) is 1.69. The number of hydrogen-bond donors (Lipinski definition) is 2. The number of carbonyl (C=O) groups excluding carboxylic acids is 1. The molecule has 0 fully saturated rings. The highest BCUT2D eigenvalue weighted by Gasteiger charge is 2.20. The van der Waals surface area contributed by atoms with Crippen molar-refractivity contribution >= 4 is 21.4 Å². The van der Waals surface area contributed by atoms with Crippen molar-refractivity contribution in [3.8, 4) is 0 Å². The van der Waals surface area contributed by atoms with E-state index >= 15 is 0 Å². The minimum atomic E-state index is -3.20. The second-order valence-corrected chi connectivity index (χ2v) is 7.28. The van der Waals surface area contributed by atoms with Gasteiger partial charge in [0, 0.05) is 18.7 Å². The third-order valence-electron chi connectivity index (χ3n) is 3.31. The maximum Gasteiger partial charge on any atom is 0.225 e. The van der Waals surface area contributed by atoms with Crippen LogP contribution in [0.2, 0.25) is 0 Å². The second-order valence-electron chi connectivity index (χ2n) is 4.75. The monoisotopic (exact) mass is 298 g/mol. The van der Waals surface area contributed by atoms with Gasteiger partial charge in [0.25, 0.3) is 0 Å². The summed E-state index contributed by atoms with van der Waals surface area (Å²) in [4.78, 5) is 11.8. The van der Waals surface area contributed by atoms with Gasteiger partial charge in [-0.3, -0.25) is 4.79 Å². The van der Waals surface area contributed by atoms with Crippen molar-refractivity contribution in [1.82, 2.24) is 0 Å². The number of anilines is 1. The highest BCUT2D eigenvalue weighted by molar-refractivity contribution is 7.92. The van der Waals surface area contributed by atoms with Crippen LogP contribution in [-0.4, -0.2) is 25.3 Å². The lowest BCUT2D eigenvalue weighted by Gasteiger charge is -2.12. The van der Waals surface area contributed by atoms with E-state index in [0.717, 1.165) is 5.56 Å². The lowest BCUT2D eigenvalue weighted by Crippen LogP contribution is -2.24. The Morgan fingerprint density at radius 1 is 1.35 bits per heavy atom. The Balaban J connectivity index is 2.61. The first-order valence-electron chi connectivity index (χ1n) is 6.70. The molecule has 6 heteroatoms. The summed E-state index contributed by atoms with van der Waals surface area (Å²) in [5.41, 5.74) is 7.04. The van der Waals surface area contributed by atoms with Gasteiger partial charge in [-0.25, -0.2) is 8.42 Å². The van der Waals surface area contributed by atoms with Crippen LogP contribution in [-0.2, 0) is 21.2 Å². The third kappa shape index (κ3) is 4.61. The number of rotatable bonds is 7. The number of nitrogens with two attached hydrogens (primary N) is 1. The van der Waals surface area contributed by atoms with Crippen LogP contribution < -0.4 is 11.1 Å². The van der Waals surface area contributed by atoms with Gasteiger partial charge in [-0.2, -0.15) is 0 Å². The Hall–Kier alpha value is -1.40. The first kappa shape index (κ1) is 16.7. The SMILES string of the molecule is CCC(C)S(=O)(=O)CCC(=O)Nc1ccccc1CN. The molecule has 1 amide bonds. The van der Waals surface area contributed by atoms with E-state index in [1.165, 1.54) is 0 Å². The first-order valence-corrected chi connectivity index (χ1v) is 8.41. The number of nitrogens with one attached hydrogen (secondary N) is 1. The molecule has 1 aromatic rings. The molecule has 0 bridgehead atoms. The van der Waals surface area contributed by atoms with Gasteiger partial charge in [0.05, 0.1) is 11.0 Å². The van der Waals surface area contributed by atoms with Gasteiger partial charge in [-0.15, -0.1) is 0 Å². The maximum atomic E-state index is 11.8. The molecule has 3 N–H and O–H groups in total. The van der Waals surface area contributed by atoms with Gasteiger partial charge in [0.1, 0.15) is 0 Å². The topological polar surface area (TPSA) is 89.3 Å². The minimum absolute atomic E-state index is 0.0361. The van der Waals surface area contributed by atoms with Gasteiger partial charge >= 0.3 is 0 Å². The van der Waals surface area contributed by atoms with Crippen LogP contribution >= 0.6 is 0 Å². The number of hydrogen-bond acceptors (Lipinski definition) is 4. The highest BCUT2D eigenvalue weighted by Crippen LogP contribution is 2.15. The summed E-state index contributed by atoms with van der Waals surface area (Å²) < 4.78 is 23.7. The summed E-state index contributed by atoms with van der Waals surface area (Å²) in [6.45, 7) is 3.80. The number of benzene rings is 1. The van der Waals surface area contributed by atoms with Gasteiger partial charge < -0.3 is 11.1 Å². The zero-order chi connectivity index (χ0) is 15.2. The van der Waals surface area contributed by atoms with E-state index < -0.39 is 15.1 Å². The standard InChI is InChI=1S/C14H22N2O3S/c1-3-11(2)20(18,19)9-8-14(17)16-13-7-5-4-6-12(13)10-15/h4-7,11H,3,8-10,15H2,1-2H3,(H,16,17). The molecule has 1 atom stereocenters. The molecule has 0 aliphatic carbocycles. The van der Waals surface area contributed by atoms with E-state index in [0.29, 0.717) is 18.7 Å². The van der Waals surface area contributed by atoms with Crippen molar-refractivity contribution in [3.05, 3.63) is 29.8 Å². The van der Waals surface area contributed by atoms with E-state index in [-0.39, 0.29) is 18.1 Å². The molecule has 0 aliphatic rings. The Morgan fingerprint density at radius 2 is 2.00 bits per heavy atom. The van der Waals surface area contributed by atoms with Crippen molar-refractivity contribution in [2.45, 2.75) is 38.5 Å². The van der Waals surface area contributed by atoms with Gasteiger partial charge in [0.15, 0.2) is 9.84 Å². The molecular weight excluding hydrogens is 276 g/mol. The van der Waals surface area contributed by atoms with Crippen LogP contribution in [0.5, 0.6) is 0 Å². The van der Waals surface area contributed by atoms with Gasteiger partial charge in [-0.1, -0.05) is 25.1 Å². The summed E-state index contributed by atoms with van der Waals surface area (Å²) >= 11 is 0. The van der Waals surface area contributed by atoms with Crippen LogP contribution in [0.25, 0.3) is 0 Å². The first-order chi connectivity index (χ1) is 9.40. The Kier molecular flexibility index (Phi) is 6.16. The fraction of sp³-hybridized carbons (Fsp3) is 0.500. The summed E-state index contributed by atoms with van der Waals surface area (Å²) in [6, 6.07) is 7.21. The van der Waals surface area contributed by atoms with Crippen LogP contribution in [0.1, 0.15) is 32.3 Å². The summed E-state index contributed by atoms with van der Waals surface area (Å²) in [5.74, 6) is -0.434. The van der Waals surface area contributed by atoms with Crippen molar-refractivity contribution < 1.29 is 13.2 Å². The average Bonchev–Trinajstić information content (AvgIpc) is 2.45. The van der Waals surface area contributed by atoms with Gasteiger partial charge in [0.2, 0.25) is 5.91 Å². The molecule has 112 valence electrons. The van der Waals surface area contributed by atoms with E-state index in [1.54, 1.807) is 19.1 Å². The van der Waals surface area contributed by atoms with Crippen molar-refractivity contribution in [2.24, 2.45) is 5.73 Å². The second kappa shape index (κ2) is 7.40. The zero-order valence-corrected chi connectivity index (χ0v) is 12.7. The van der Waals surface area contributed by atoms with E-state index in [1.807, 2.05) is 19.1 Å². The summed E-state index contributed by atoms with van der Waals surface area (Å²) in [6.07, 6.45) is 0.519. The lowest BCUT2D eigenvalue weighted by atomic mass is 10.2. The summed E-state index contributed by atoms with van der Waals surface area (Å²) in [7, 11) is -3.20. The van der Waals surface area contributed by atoms with E-state index in [9.17, 15) is 13.2 Å². The van der Waals surface area contributed by atoms with Gasteiger partial charge in [-0.05, 0) is 25.0 Å². The van der Waals surface area contributed by atoms with Crippen LogP contribution in [0.4, 0.5) is 5.69 Å². The average molecular weight is 298 g/mol. The van der Waals surface area contributed by atoms with E-state index in [4.69, 9.17) is 5.73 Å². The molecule has 0 heterocycles. The molecule has 20 heavy (non-hydrogen) atoms. The van der Waals surface area contributed by atoms with Crippen LogP contribution in [0, 0.1) is 0 Å². The van der Waals surface area contributed by atoms with Crippen molar-refractivity contribution in [2.75, 3.05) is 11.1 Å². The van der Waals surface area contributed by atoms with Crippen molar-refractivity contribution in [1.29, 1.82) is 0 Å². The molecular formula is C14H22N2O3S. The largest absolute Gasteiger partial charge is 0.326 e. The molecule has 1 aromatic carbocycles. The molecule has 0 aromatic heterocycles. The maximum absolute atomic E-state index is 11.8. The lowest BCUT2D eigenvalue weighted by molar-refractivity contribution is -0.115. The Bertz CT molecular complexity index is 555. The molecule has 0 radical (unpaired) electrons. The predicted molar refractivity (Wildman–Crippen MR) is 81.1 cm³/mol. The molecule has 0 aliphatic heterocycles. The minimum Gasteiger partial charge on any atom is -0.326 e. The van der Waals surface area contributed by atoms with Crippen LogP contribution in [0.15, 0.2) is 24.3 Å². The Morgan fingerprint density at radius 3 is 2.60 bits per heavy atom. The molecule has 0 saturated carbocycles. The molecule has 1 rings (SSSR count). The normalized spacial score (nSPS) is 12.9. The van der Waals surface area contributed by atoms with Crippen LogP contribution in [0.3, 0.4) is 0 Å². The fourth-order valence-corrected chi connectivity index (χ4v) is 3.10. The molecule has 0 spiro atoms. The number of amides is 1. The van der Waals surface area contributed by atoms with Crippen molar-refractivity contribution in [3.63, 3.8) is 0 Å². The molecule has 1 unspecified atom stereocenters. The number of carbonyl (C=O) groups is 1. The Labute approximate surface area is 120 Å². The van der Waals surface area contributed by atoms with E-state index in [2.05, 4.69) is 5.32 Å². The summed E-state index contributed by atoms with van der Waals surface area (Å²) in [5, 5.41) is 2.30. The third-order valence-corrected chi connectivity index (χ3v) is 5.65. The highest BCUT2D eigenvalue weighted by atomic mass is 32.2. The smallest absolute Gasteiger partial charge is 0.225 e. The molecule has 5 nitrogen and oxygen atoms in total. The molecule has 0 saturated heterocycles. The zero-order valence-electron chi connectivity index (χ0n) is 11.9. The number of sulfone groups is 1.